The zero-order valence-corrected chi connectivity index (χ0v) is 11.3. The second-order valence-electron chi connectivity index (χ2n) is 4.54. The highest BCUT2D eigenvalue weighted by Crippen LogP contribution is 2.27. The third-order valence-electron chi connectivity index (χ3n) is 3.28. The van der Waals surface area contributed by atoms with Gasteiger partial charge in [0.25, 0.3) is 0 Å². The Balaban J connectivity index is 1.92. The number of nitrogens with zero attached hydrogens (tertiary/aromatic N) is 3. The lowest BCUT2D eigenvalue weighted by Crippen LogP contribution is -2.31. The van der Waals surface area contributed by atoms with Crippen LogP contribution in [0.15, 0.2) is 18.2 Å². The maximum atomic E-state index is 11.2. The number of fused-ring (bicyclic) bond motifs is 1. The molecule has 5 nitrogen and oxygen atoms in total. The molecule has 0 atom stereocenters. The summed E-state index contributed by atoms with van der Waals surface area (Å²) in [7, 11) is 0. The summed E-state index contributed by atoms with van der Waals surface area (Å²) in [5, 5.41) is 10.1. The average Bonchev–Trinajstić information content (AvgIpc) is 2.84. The maximum Gasteiger partial charge on any atom is 0.335 e. The Hall–Kier alpha value is -1.95. The molecule has 0 aliphatic carbocycles. The van der Waals surface area contributed by atoms with Crippen LogP contribution in [0.1, 0.15) is 27.3 Å². The summed E-state index contributed by atoms with van der Waals surface area (Å²) < 4.78 is 4.19. The smallest absolute Gasteiger partial charge is 0.335 e. The van der Waals surface area contributed by atoms with E-state index in [9.17, 15) is 9.90 Å². The second-order valence-corrected chi connectivity index (χ2v) is 5.27. The number of aromatic carboxylic acids is 1. The Labute approximate surface area is 114 Å². The number of rotatable bonds is 2. The van der Waals surface area contributed by atoms with E-state index in [2.05, 4.69) is 14.3 Å². The number of hydrogen-bond donors (Lipinski definition) is 1. The molecular weight excluding hydrogens is 262 g/mol. The Kier molecular flexibility index (Phi) is 2.94. The summed E-state index contributed by atoms with van der Waals surface area (Å²) in [5.41, 5.74) is 2.44. The van der Waals surface area contributed by atoms with Crippen molar-refractivity contribution in [2.45, 2.75) is 19.9 Å². The predicted octanol–water partition coefficient (Wildman–Crippen LogP) is 2.11. The van der Waals surface area contributed by atoms with Crippen molar-refractivity contribution < 1.29 is 9.90 Å². The van der Waals surface area contributed by atoms with Gasteiger partial charge < -0.3 is 10.0 Å². The van der Waals surface area contributed by atoms with E-state index in [1.807, 2.05) is 13.0 Å². The number of carbonyl (C=O) groups is 1. The molecule has 0 unspecified atom stereocenters. The second kappa shape index (κ2) is 4.62. The number of aromatic nitrogens is 2. The van der Waals surface area contributed by atoms with Gasteiger partial charge in [-0.15, -0.1) is 0 Å². The number of anilines is 1. The van der Waals surface area contributed by atoms with Gasteiger partial charge in [0.2, 0.25) is 5.13 Å². The van der Waals surface area contributed by atoms with Crippen LogP contribution >= 0.6 is 11.5 Å². The van der Waals surface area contributed by atoms with Gasteiger partial charge in [-0.25, -0.2) is 9.78 Å². The van der Waals surface area contributed by atoms with Crippen LogP contribution < -0.4 is 4.90 Å². The molecule has 2 aromatic rings. The quantitative estimate of drug-likeness (QED) is 0.909. The zero-order chi connectivity index (χ0) is 13.4. The van der Waals surface area contributed by atoms with Crippen LogP contribution in [0.3, 0.4) is 0 Å². The van der Waals surface area contributed by atoms with E-state index in [1.165, 1.54) is 11.5 Å². The molecule has 0 radical (unpaired) electrons. The largest absolute Gasteiger partial charge is 0.478 e. The first-order valence-corrected chi connectivity index (χ1v) is 6.82. The Morgan fingerprint density at radius 2 is 2.32 bits per heavy atom. The first-order chi connectivity index (χ1) is 9.15. The summed E-state index contributed by atoms with van der Waals surface area (Å²) in [5.74, 6) is -0.0675. The SMILES string of the molecule is Cc1nsc(N2CCc3c(cccc3C(=O)O)C2)n1. The molecule has 0 amide bonds. The maximum absolute atomic E-state index is 11.2. The van der Waals surface area contributed by atoms with Crippen LogP contribution in [0.25, 0.3) is 0 Å². The molecule has 0 bridgehead atoms. The van der Waals surface area contributed by atoms with Crippen LogP contribution in [0.5, 0.6) is 0 Å². The highest BCUT2D eigenvalue weighted by molar-refractivity contribution is 7.09. The lowest BCUT2D eigenvalue weighted by molar-refractivity contribution is 0.0695. The zero-order valence-electron chi connectivity index (χ0n) is 10.5. The minimum absolute atomic E-state index is 0.422. The van der Waals surface area contributed by atoms with Gasteiger partial charge in [0.05, 0.1) is 5.56 Å². The molecule has 3 rings (SSSR count). The molecule has 6 heteroatoms. The molecule has 0 fully saturated rings. The molecule has 1 N–H and O–H groups in total. The molecule has 0 spiro atoms. The van der Waals surface area contributed by atoms with E-state index >= 15 is 0 Å². The Bertz CT molecular complexity index is 639. The lowest BCUT2D eigenvalue weighted by atomic mass is 9.95. The van der Waals surface area contributed by atoms with E-state index in [0.29, 0.717) is 12.1 Å². The number of benzene rings is 1. The van der Waals surface area contributed by atoms with Crippen LogP contribution in [-0.4, -0.2) is 27.0 Å². The first-order valence-electron chi connectivity index (χ1n) is 6.04. The van der Waals surface area contributed by atoms with Crippen molar-refractivity contribution in [2.75, 3.05) is 11.4 Å². The van der Waals surface area contributed by atoms with E-state index in [0.717, 1.165) is 35.0 Å². The standard InChI is InChI=1S/C13H13N3O2S/c1-8-14-13(19-15-8)16-6-5-10-9(7-16)3-2-4-11(10)12(17)18/h2-4H,5-7H2,1H3,(H,17,18). The molecule has 1 aromatic heterocycles. The summed E-state index contributed by atoms with van der Waals surface area (Å²) in [6.45, 7) is 3.36. The van der Waals surface area contributed by atoms with E-state index in [1.54, 1.807) is 12.1 Å². The molecule has 0 saturated carbocycles. The molecule has 98 valence electrons. The van der Waals surface area contributed by atoms with Crippen molar-refractivity contribution in [3.05, 3.63) is 40.7 Å². The van der Waals surface area contributed by atoms with Crippen molar-refractivity contribution in [3.63, 3.8) is 0 Å². The first kappa shape index (κ1) is 12.1. The summed E-state index contributed by atoms with van der Waals surface area (Å²) >= 11 is 1.39. The van der Waals surface area contributed by atoms with Gasteiger partial charge in [0.15, 0.2) is 0 Å². The molecular formula is C13H13N3O2S. The van der Waals surface area contributed by atoms with Crippen molar-refractivity contribution in [2.24, 2.45) is 0 Å². The minimum atomic E-state index is -0.850. The third-order valence-corrected chi connectivity index (χ3v) is 4.15. The number of aryl methyl sites for hydroxylation is 1. The predicted molar refractivity (Wildman–Crippen MR) is 72.8 cm³/mol. The van der Waals surface area contributed by atoms with Gasteiger partial charge in [-0.05, 0) is 30.5 Å². The van der Waals surface area contributed by atoms with Crippen molar-refractivity contribution in [3.8, 4) is 0 Å². The topological polar surface area (TPSA) is 66.3 Å². The van der Waals surface area contributed by atoms with Crippen LogP contribution in [0.4, 0.5) is 5.13 Å². The average molecular weight is 275 g/mol. The highest BCUT2D eigenvalue weighted by Gasteiger charge is 2.22. The van der Waals surface area contributed by atoms with E-state index in [4.69, 9.17) is 0 Å². The third kappa shape index (κ3) is 2.19. The summed E-state index contributed by atoms with van der Waals surface area (Å²) in [6, 6.07) is 5.46. The molecule has 1 aromatic carbocycles. The van der Waals surface area contributed by atoms with Crippen LogP contribution in [-0.2, 0) is 13.0 Å². The summed E-state index contributed by atoms with van der Waals surface area (Å²) in [4.78, 5) is 17.7. The normalized spacial score (nSPS) is 14.3. The van der Waals surface area contributed by atoms with Crippen molar-refractivity contribution >= 4 is 22.6 Å². The number of hydrogen-bond acceptors (Lipinski definition) is 5. The fraction of sp³-hybridized carbons (Fsp3) is 0.308. The van der Waals surface area contributed by atoms with Crippen molar-refractivity contribution in [1.29, 1.82) is 0 Å². The van der Waals surface area contributed by atoms with Gasteiger partial charge in [0, 0.05) is 24.6 Å². The highest BCUT2D eigenvalue weighted by atomic mass is 32.1. The molecule has 1 aliphatic rings. The van der Waals surface area contributed by atoms with Gasteiger partial charge >= 0.3 is 5.97 Å². The van der Waals surface area contributed by atoms with Crippen LogP contribution in [0.2, 0.25) is 0 Å². The van der Waals surface area contributed by atoms with E-state index in [-0.39, 0.29) is 0 Å². The fourth-order valence-electron chi connectivity index (χ4n) is 2.39. The van der Waals surface area contributed by atoms with Crippen LogP contribution in [0, 0.1) is 6.92 Å². The molecule has 0 saturated heterocycles. The van der Waals surface area contributed by atoms with Crippen molar-refractivity contribution in [1.82, 2.24) is 9.36 Å². The van der Waals surface area contributed by atoms with Gasteiger partial charge in [-0.3, -0.25) is 0 Å². The minimum Gasteiger partial charge on any atom is -0.478 e. The molecule has 1 aliphatic heterocycles. The van der Waals surface area contributed by atoms with E-state index < -0.39 is 5.97 Å². The summed E-state index contributed by atoms with van der Waals surface area (Å²) in [6.07, 6.45) is 0.733. The molecule has 2 heterocycles. The van der Waals surface area contributed by atoms with Gasteiger partial charge in [0.1, 0.15) is 5.82 Å². The van der Waals surface area contributed by atoms with Gasteiger partial charge in [-0.2, -0.15) is 4.37 Å². The Morgan fingerprint density at radius 3 is 3.00 bits per heavy atom. The number of carboxylic acid groups (broad SMARTS) is 1. The lowest BCUT2D eigenvalue weighted by Gasteiger charge is -2.28. The fourth-order valence-corrected chi connectivity index (χ4v) is 3.09. The number of carboxylic acids is 1. The van der Waals surface area contributed by atoms with Gasteiger partial charge in [-0.1, -0.05) is 12.1 Å². The monoisotopic (exact) mass is 275 g/mol. The Morgan fingerprint density at radius 1 is 1.47 bits per heavy atom. The molecule has 19 heavy (non-hydrogen) atoms.